The third kappa shape index (κ3) is 2.64. The molecule has 0 fully saturated rings. The molecule has 0 unspecified atom stereocenters. The highest BCUT2D eigenvalue weighted by molar-refractivity contribution is 5.71. The Morgan fingerprint density at radius 1 is 0.667 bits per heavy atom. The first kappa shape index (κ1) is 16.1. The van der Waals surface area contributed by atoms with Crippen LogP contribution in [0.3, 0.4) is 0 Å². The Hall–Kier alpha value is -2.76. The maximum absolute atomic E-state index is 14.0. The molecule has 0 aliphatic heterocycles. The molecule has 122 valence electrons. The van der Waals surface area contributed by atoms with Gasteiger partial charge in [0.15, 0.2) is 23.3 Å². The van der Waals surface area contributed by atoms with E-state index >= 15 is 0 Å². The lowest BCUT2D eigenvalue weighted by Crippen LogP contribution is -2.05. The SMILES string of the molecule is Cc1cc(-c2ccccc2)cc(-c2c(F)c(F)c(F)c(F)c2F)n1. The fourth-order valence-electron chi connectivity index (χ4n) is 2.42. The predicted octanol–water partition coefficient (Wildman–Crippen LogP) is 5.42. The number of benzene rings is 2. The molecule has 1 aromatic heterocycles. The van der Waals surface area contributed by atoms with Gasteiger partial charge in [0.25, 0.3) is 0 Å². The number of aromatic nitrogens is 1. The van der Waals surface area contributed by atoms with E-state index in [4.69, 9.17) is 0 Å². The third-order valence-corrected chi connectivity index (χ3v) is 3.53. The molecule has 1 heterocycles. The lowest BCUT2D eigenvalue weighted by molar-refractivity contribution is 0.381. The van der Waals surface area contributed by atoms with Crippen molar-refractivity contribution in [2.45, 2.75) is 6.92 Å². The average Bonchev–Trinajstić information content (AvgIpc) is 2.59. The second-order valence-corrected chi connectivity index (χ2v) is 5.19. The Bertz CT molecular complexity index is 893. The molecule has 24 heavy (non-hydrogen) atoms. The molecule has 3 rings (SSSR count). The van der Waals surface area contributed by atoms with Crippen LogP contribution < -0.4 is 0 Å². The monoisotopic (exact) mass is 335 g/mol. The topological polar surface area (TPSA) is 12.9 Å². The number of nitrogens with zero attached hydrogens (tertiary/aromatic N) is 1. The molecule has 0 bridgehead atoms. The van der Waals surface area contributed by atoms with E-state index in [-0.39, 0.29) is 5.69 Å². The fraction of sp³-hybridized carbons (Fsp3) is 0.0556. The van der Waals surface area contributed by atoms with Gasteiger partial charge in [-0.2, -0.15) is 0 Å². The van der Waals surface area contributed by atoms with Gasteiger partial charge in [0.05, 0.1) is 11.3 Å². The van der Waals surface area contributed by atoms with Gasteiger partial charge in [0.1, 0.15) is 0 Å². The molecular formula is C18H10F5N. The van der Waals surface area contributed by atoms with Crippen molar-refractivity contribution in [3.05, 3.63) is 77.2 Å². The van der Waals surface area contributed by atoms with Gasteiger partial charge in [-0.3, -0.25) is 4.98 Å². The molecule has 0 aliphatic rings. The summed E-state index contributed by atoms with van der Waals surface area (Å²) in [6.07, 6.45) is 0. The minimum atomic E-state index is -2.19. The first-order valence-electron chi connectivity index (χ1n) is 6.96. The van der Waals surface area contributed by atoms with Gasteiger partial charge in [0, 0.05) is 5.69 Å². The van der Waals surface area contributed by atoms with Crippen molar-refractivity contribution >= 4 is 0 Å². The van der Waals surface area contributed by atoms with Crippen molar-refractivity contribution in [3.63, 3.8) is 0 Å². The van der Waals surface area contributed by atoms with Crippen molar-refractivity contribution in [3.8, 4) is 22.4 Å². The minimum Gasteiger partial charge on any atom is -0.253 e. The number of hydrogen-bond acceptors (Lipinski definition) is 1. The summed E-state index contributed by atoms with van der Waals surface area (Å²) in [7, 11) is 0. The number of halogens is 5. The number of rotatable bonds is 2. The highest BCUT2D eigenvalue weighted by Gasteiger charge is 2.27. The summed E-state index contributed by atoms with van der Waals surface area (Å²) in [6, 6.07) is 11.8. The van der Waals surface area contributed by atoms with E-state index in [9.17, 15) is 22.0 Å². The first-order valence-corrected chi connectivity index (χ1v) is 6.96. The van der Waals surface area contributed by atoms with Crippen LogP contribution in [0, 0.1) is 36.0 Å². The van der Waals surface area contributed by atoms with Crippen molar-refractivity contribution < 1.29 is 22.0 Å². The van der Waals surface area contributed by atoms with E-state index in [0.717, 1.165) is 5.56 Å². The van der Waals surface area contributed by atoms with E-state index in [1.54, 1.807) is 43.3 Å². The standard InChI is InChI=1S/C18H10F5N/c1-9-7-11(10-5-3-2-4-6-10)8-12(24-9)13-14(19)16(21)18(23)17(22)15(13)20/h2-8H,1H3. The lowest BCUT2D eigenvalue weighted by atomic mass is 10.0. The van der Waals surface area contributed by atoms with Crippen LogP contribution in [-0.4, -0.2) is 4.98 Å². The summed E-state index contributed by atoms with van der Waals surface area (Å²) >= 11 is 0. The summed E-state index contributed by atoms with van der Waals surface area (Å²) < 4.78 is 68.0. The van der Waals surface area contributed by atoms with Gasteiger partial charge in [-0.15, -0.1) is 0 Å². The summed E-state index contributed by atoms with van der Waals surface area (Å²) in [4.78, 5) is 3.93. The van der Waals surface area contributed by atoms with E-state index in [1.807, 2.05) is 0 Å². The van der Waals surface area contributed by atoms with E-state index < -0.39 is 34.6 Å². The molecule has 0 radical (unpaired) electrons. The van der Waals surface area contributed by atoms with Crippen molar-refractivity contribution in [1.82, 2.24) is 4.98 Å². The molecule has 3 aromatic rings. The van der Waals surface area contributed by atoms with Crippen LogP contribution >= 0.6 is 0 Å². The molecule has 6 heteroatoms. The summed E-state index contributed by atoms with van der Waals surface area (Å²) in [6.45, 7) is 1.57. The summed E-state index contributed by atoms with van der Waals surface area (Å²) in [5.41, 5.74) is 0.319. The maximum Gasteiger partial charge on any atom is 0.200 e. The maximum atomic E-state index is 14.0. The van der Waals surface area contributed by atoms with Crippen molar-refractivity contribution in [2.75, 3.05) is 0 Å². The fourth-order valence-corrected chi connectivity index (χ4v) is 2.42. The second-order valence-electron chi connectivity index (χ2n) is 5.19. The Morgan fingerprint density at radius 2 is 1.21 bits per heavy atom. The Balaban J connectivity index is 2.27. The highest BCUT2D eigenvalue weighted by atomic mass is 19.2. The van der Waals surface area contributed by atoms with Crippen LogP contribution in [0.5, 0.6) is 0 Å². The average molecular weight is 335 g/mol. The molecular weight excluding hydrogens is 325 g/mol. The molecule has 0 N–H and O–H groups in total. The van der Waals surface area contributed by atoms with Crippen LogP contribution in [0.4, 0.5) is 22.0 Å². The summed E-state index contributed by atoms with van der Waals surface area (Å²) in [5.74, 6) is -9.97. The van der Waals surface area contributed by atoms with E-state index in [0.29, 0.717) is 11.3 Å². The van der Waals surface area contributed by atoms with Crippen LogP contribution in [-0.2, 0) is 0 Å². The van der Waals surface area contributed by atoms with E-state index in [2.05, 4.69) is 4.98 Å². The highest BCUT2D eigenvalue weighted by Crippen LogP contribution is 2.32. The normalized spacial score (nSPS) is 10.9. The molecule has 1 nitrogen and oxygen atoms in total. The van der Waals surface area contributed by atoms with Crippen LogP contribution in [0.2, 0.25) is 0 Å². The molecule has 2 aromatic carbocycles. The summed E-state index contributed by atoms with van der Waals surface area (Å²) in [5, 5.41) is 0. The number of pyridine rings is 1. The predicted molar refractivity (Wildman–Crippen MR) is 79.6 cm³/mol. The molecule has 0 saturated carbocycles. The number of aryl methyl sites for hydroxylation is 1. The smallest absolute Gasteiger partial charge is 0.200 e. The van der Waals surface area contributed by atoms with Crippen LogP contribution in [0.15, 0.2) is 42.5 Å². The third-order valence-electron chi connectivity index (χ3n) is 3.53. The Morgan fingerprint density at radius 3 is 1.79 bits per heavy atom. The molecule has 0 aliphatic carbocycles. The van der Waals surface area contributed by atoms with Crippen molar-refractivity contribution in [2.24, 2.45) is 0 Å². The van der Waals surface area contributed by atoms with Gasteiger partial charge >= 0.3 is 0 Å². The zero-order chi connectivity index (χ0) is 17.4. The van der Waals surface area contributed by atoms with Gasteiger partial charge in [-0.25, -0.2) is 22.0 Å². The second kappa shape index (κ2) is 6.03. The van der Waals surface area contributed by atoms with Gasteiger partial charge < -0.3 is 0 Å². The zero-order valence-corrected chi connectivity index (χ0v) is 12.4. The Labute approximate surface area is 134 Å². The zero-order valence-electron chi connectivity index (χ0n) is 12.4. The van der Waals surface area contributed by atoms with Crippen molar-refractivity contribution in [1.29, 1.82) is 0 Å². The molecule has 0 saturated heterocycles. The van der Waals surface area contributed by atoms with Gasteiger partial charge in [-0.1, -0.05) is 30.3 Å². The minimum absolute atomic E-state index is 0.318. The molecule has 0 amide bonds. The lowest BCUT2D eigenvalue weighted by Gasteiger charge is -2.11. The van der Waals surface area contributed by atoms with Gasteiger partial charge in [0.2, 0.25) is 5.82 Å². The van der Waals surface area contributed by atoms with E-state index in [1.165, 1.54) is 6.07 Å². The quantitative estimate of drug-likeness (QED) is 0.346. The largest absolute Gasteiger partial charge is 0.253 e. The van der Waals surface area contributed by atoms with Gasteiger partial charge in [-0.05, 0) is 30.2 Å². The first-order chi connectivity index (χ1) is 11.4. The Kier molecular flexibility index (Phi) is 4.05. The van der Waals surface area contributed by atoms with Crippen LogP contribution in [0.25, 0.3) is 22.4 Å². The number of hydrogen-bond donors (Lipinski definition) is 0. The van der Waals surface area contributed by atoms with Crippen LogP contribution in [0.1, 0.15) is 5.69 Å². The molecule has 0 atom stereocenters. The molecule has 0 spiro atoms.